The summed E-state index contributed by atoms with van der Waals surface area (Å²) < 4.78 is 0. The maximum atomic E-state index is 5.62. The zero-order valence-electron chi connectivity index (χ0n) is 15.2. The van der Waals surface area contributed by atoms with Gasteiger partial charge in [-0.15, -0.1) is 0 Å². The Morgan fingerprint density at radius 1 is 0.348 bits per heavy atom. The molecule has 0 amide bonds. The molecule has 0 rings (SSSR count). The van der Waals surface area contributed by atoms with E-state index in [0.29, 0.717) is 0 Å². The molecule has 0 aromatic rings. The van der Waals surface area contributed by atoms with Gasteiger partial charge in [0.15, 0.2) is 0 Å². The topological polar surface area (TPSA) is 111 Å². The summed E-state index contributed by atoms with van der Waals surface area (Å²) in [7, 11) is 0. The molecule has 140 valence electrons. The number of rotatable bonds is 18. The smallest absolute Gasteiger partial charge is 0.0105 e. The molecule has 0 heterocycles. The molecule has 0 bridgehead atoms. The summed E-state index contributed by atoms with van der Waals surface area (Å²) in [6.45, 7) is 9.08. The van der Waals surface area contributed by atoms with E-state index in [1.807, 2.05) is 0 Å². The molecule has 6 nitrogen and oxygen atoms in total. The van der Waals surface area contributed by atoms with Crippen molar-refractivity contribution in [1.29, 1.82) is 0 Å². The minimum Gasteiger partial charge on any atom is -0.329 e. The van der Waals surface area contributed by atoms with Crippen molar-refractivity contribution in [2.24, 2.45) is 22.9 Å². The van der Waals surface area contributed by atoms with Crippen molar-refractivity contribution in [3.63, 3.8) is 0 Å². The lowest BCUT2D eigenvalue weighted by atomic mass is 10.1. The van der Waals surface area contributed by atoms with Crippen LogP contribution in [0.25, 0.3) is 0 Å². The second-order valence-corrected chi connectivity index (χ2v) is 6.31. The molecule has 8 N–H and O–H groups in total. The van der Waals surface area contributed by atoms with Gasteiger partial charge in [0.1, 0.15) is 0 Å². The average molecular weight is 331 g/mol. The van der Waals surface area contributed by atoms with E-state index in [-0.39, 0.29) is 0 Å². The SMILES string of the molecule is NCCN(CCN)CCCCCCCCCN(CCN)CCN. The number of nitrogens with zero attached hydrogens (tertiary/aromatic N) is 2. The third-order valence-corrected chi connectivity index (χ3v) is 4.23. The van der Waals surface area contributed by atoms with Gasteiger partial charge in [0.25, 0.3) is 0 Å². The Morgan fingerprint density at radius 2 is 0.609 bits per heavy atom. The van der Waals surface area contributed by atoms with Crippen LogP contribution in [0.15, 0.2) is 0 Å². The second-order valence-electron chi connectivity index (χ2n) is 6.31. The zero-order chi connectivity index (χ0) is 17.2. The lowest BCUT2D eigenvalue weighted by Gasteiger charge is -2.20. The van der Waals surface area contributed by atoms with Crippen LogP contribution in [0, 0.1) is 0 Å². The molecule has 0 aliphatic carbocycles. The van der Waals surface area contributed by atoms with E-state index < -0.39 is 0 Å². The van der Waals surface area contributed by atoms with Crippen LogP contribution in [-0.4, -0.2) is 75.2 Å². The highest BCUT2D eigenvalue weighted by Gasteiger charge is 2.03. The van der Waals surface area contributed by atoms with Gasteiger partial charge in [-0.25, -0.2) is 0 Å². The average Bonchev–Trinajstić information content (AvgIpc) is 2.54. The fourth-order valence-corrected chi connectivity index (χ4v) is 2.96. The first-order valence-electron chi connectivity index (χ1n) is 9.53. The summed E-state index contributed by atoms with van der Waals surface area (Å²) in [6.07, 6.45) is 9.20. The van der Waals surface area contributed by atoms with Crippen LogP contribution >= 0.6 is 0 Å². The minimum atomic E-state index is 0.728. The van der Waals surface area contributed by atoms with Crippen molar-refractivity contribution in [3.05, 3.63) is 0 Å². The Balaban J connectivity index is 3.41. The largest absolute Gasteiger partial charge is 0.329 e. The molecule has 23 heavy (non-hydrogen) atoms. The van der Waals surface area contributed by atoms with Gasteiger partial charge in [0, 0.05) is 52.4 Å². The normalized spacial score (nSPS) is 11.7. The third-order valence-electron chi connectivity index (χ3n) is 4.23. The molecule has 0 aliphatic rings. The lowest BCUT2D eigenvalue weighted by molar-refractivity contribution is 0.278. The van der Waals surface area contributed by atoms with Gasteiger partial charge < -0.3 is 32.7 Å². The molecule has 0 aliphatic heterocycles. The molecule has 0 saturated heterocycles. The van der Waals surface area contributed by atoms with Crippen LogP contribution in [-0.2, 0) is 0 Å². The van der Waals surface area contributed by atoms with Gasteiger partial charge in [-0.2, -0.15) is 0 Å². The summed E-state index contributed by atoms with van der Waals surface area (Å²) in [5, 5.41) is 0. The molecular formula is C17H42N6. The standard InChI is InChI=1S/C17H42N6/c18-8-14-22(15-9-19)12-6-4-2-1-3-5-7-13-23(16-10-20)17-11-21/h1-21H2. The van der Waals surface area contributed by atoms with Crippen molar-refractivity contribution in [2.45, 2.75) is 44.9 Å². The predicted molar refractivity (Wildman–Crippen MR) is 101 cm³/mol. The fourth-order valence-electron chi connectivity index (χ4n) is 2.96. The number of unbranched alkanes of at least 4 members (excludes halogenated alkanes) is 6. The van der Waals surface area contributed by atoms with Crippen LogP contribution in [0.4, 0.5) is 0 Å². The van der Waals surface area contributed by atoms with E-state index in [9.17, 15) is 0 Å². The Kier molecular flexibility index (Phi) is 17.9. The van der Waals surface area contributed by atoms with Gasteiger partial charge in [-0.05, 0) is 25.9 Å². The predicted octanol–water partition coefficient (Wildman–Crippen LogP) is 0.156. The van der Waals surface area contributed by atoms with Crippen LogP contribution in [0.2, 0.25) is 0 Å². The molecule has 0 saturated carbocycles. The van der Waals surface area contributed by atoms with E-state index in [0.717, 1.165) is 65.4 Å². The maximum absolute atomic E-state index is 5.62. The molecule has 0 aromatic carbocycles. The molecule has 6 heteroatoms. The molecular weight excluding hydrogens is 288 g/mol. The highest BCUT2D eigenvalue weighted by Crippen LogP contribution is 2.08. The Bertz CT molecular complexity index is 193. The lowest BCUT2D eigenvalue weighted by Crippen LogP contribution is -2.34. The van der Waals surface area contributed by atoms with Gasteiger partial charge in [0.2, 0.25) is 0 Å². The fraction of sp³-hybridized carbons (Fsp3) is 1.00. The molecule has 0 aromatic heterocycles. The van der Waals surface area contributed by atoms with Crippen molar-refractivity contribution < 1.29 is 0 Å². The first-order valence-corrected chi connectivity index (χ1v) is 9.53. The summed E-state index contributed by atoms with van der Waals surface area (Å²) in [5.74, 6) is 0. The Labute approximate surface area is 143 Å². The highest BCUT2D eigenvalue weighted by atomic mass is 15.1. The van der Waals surface area contributed by atoms with E-state index in [1.54, 1.807) is 0 Å². The van der Waals surface area contributed by atoms with Crippen LogP contribution < -0.4 is 22.9 Å². The van der Waals surface area contributed by atoms with Crippen LogP contribution in [0.3, 0.4) is 0 Å². The van der Waals surface area contributed by atoms with Gasteiger partial charge >= 0.3 is 0 Å². The Hall–Kier alpha value is -0.240. The van der Waals surface area contributed by atoms with Gasteiger partial charge in [-0.3, -0.25) is 0 Å². The minimum absolute atomic E-state index is 0.728. The van der Waals surface area contributed by atoms with Crippen molar-refractivity contribution in [1.82, 2.24) is 9.80 Å². The summed E-state index contributed by atoms with van der Waals surface area (Å²) in [6, 6.07) is 0. The van der Waals surface area contributed by atoms with E-state index in [1.165, 1.54) is 44.9 Å². The molecule has 0 fully saturated rings. The number of nitrogens with two attached hydrogens (primary N) is 4. The van der Waals surface area contributed by atoms with Crippen molar-refractivity contribution in [3.8, 4) is 0 Å². The van der Waals surface area contributed by atoms with Crippen molar-refractivity contribution in [2.75, 3.05) is 65.4 Å². The van der Waals surface area contributed by atoms with E-state index >= 15 is 0 Å². The second kappa shape index (κ2) is 18.1. The molecule has 0 radical (unpaired) electrons. The van der Waals surface area contributed by atoms with Crippen LogP contribution in [0.5, 0.6) is 0 Å². The quantitative estimate of drug-likeness (QED) is 0.266. The Morgan fingerprint density at radius 3 is 0.870 bits per heavy atom. The first kappa shape index (κ1) is 22.8. The van der Waals surface area contributed by atoms with Crippen molar-refractivity contribution >= 4 is 0 Å². The molecule has 0 spiro atoms. The first-order chi connectivity index (χ1) is 11.3. The monoisotopic (exact) mass is 330 g/mol. The van der Waals surface area contributed by atoms with E-state index in [4.69, 9.17) is 22.9 Å². The summed E-state index contributed by atoms with van der Waals surface area (Å²) in [4.78, 5) is 4.76. The summed E-state index contributed by atoms with van der Waals surface area (Å²) in [5.41, 5.74) is 22.5. The molecule has 0 atom stereocenters. The third kappa shape index (κ3) is 15.1. The molecule has 0 unspecified atom stereocenters. The van der Waals surface area contributed by atoms with E-state index in [2.05, 4.69) is 9.80 Å². The van der Waals surface area contributed by atoms with Gasteiger partial charge in [0.05, 0.1) is 0 Å². The van der Waals surface area contributed by atoms with Crippen LogP contribution in [0.1, 0.15) is 44.9 Å². The zero-order valence-corrected chi connectivity index (χ0v) is 15.2. The number of hydrogen-bond donors (Lipinski definition) is 4. The maximum Gasteiger partial charge on any atom is 0.0105 e. The summed E-state index contributed by atoms with van der Waals surface area (Å²) >= 11 is 0. The highest BCUT2D eigenvalue weighted by molar-refractivity contribution is 4.61. The number of hydrogen-bond acceptors (Lipinski definition) is 6. The van der Waals surface area contributed by atoms with Gasteiger partial charge in [-0.1, -0.05) is 32.1 Å².